The third kappa shape index (κ3) is 4.14. The molecule has 0 spiro atoms. The molecule has 1 aromatic carbocycles. The number of benzene rings is 1. The van der Waals surface area contributed by atoms with Crippen LogP contribution >= 0.6 is 0 Å². The number of nitrogens with zero attached hydrogens (tertiary/aromatic N) is 2. The molecule has 31 heavy (non-hydrogen) atoms. The number of rotatable bonds is 5. The van der Waals surface area contributed by atoms with E-state index in [1.54, 1.807) is 0 Å². The van der Waals surface area contributed by atoms with Gasteiger partial charge in [0.1, 0.15) is 5.82 Å². The summed E-state index contributed by atoms with van der Waals surface area (Å²) in [5, 5.41) is 6.84. The molecular formula is C27H34N4. The van der Waals surface area contributed by atoms with Crippen molar-refractivity contribution in [1.82, 2.24) is 15.2 Å². The van der Waals surface area contributed by atoms with Gasteiger partial charge in [0.25, 0.3) is 0 Å². The third-order valence-electron chi connectivity index (χ3n) is 7.05. The van der Waals surface area contributed by atoms with Crippen LogP contribution in [-0.2, 0) is 0 Å². The number of aryl methyl sites for hydroxylation is 1. The first-order valence-corrected chi connectivity index (χ1v) is 11.8. The van der Waals surface area contributed by atoms with Gasteiger partial charge >= 0.3 is 0 Å². The first-order valence-electron chi connectivity index (χ1n) is 11.8. The maximum Gasteiger partial charge on any atom is 0.140 e. The highest BCUT2D eigenvalue weighted by Gasteiger charge is 2.32. The number of aromatic nitrogens is 1. The van der Waals surface area contributed by atoms with Crippen LogP contribution in [0, 0.1) is 6.92 Å². The molecular weight excluding hydrogens is 380 g/mol. The topological polar surface area (TPSA) is 40.2 Å². The normalized spacial score (nSPS) is 19.4. The third-order valence-corrected chi connectivity index (χ3v) is 7.05. The van der Waals surface area contributed by atoms with E-state index in [4.69, 9.17) is 4.98 Å². The van der Waals surface area contributed by atoms with Crippen molar-refractivity contribution in [2.45, 2.75) is 64.3 Å². The largest absolute Gasteiger partial charge is 0.362 e. The van der Waals surface area contributed by atoms with Crippen LogP contribution in [0.15, 0.2) is 37.0 Å². The minimum atomic E-state index is 0.369. The maximum atomic E-state index is 4.95. The number of piperidine rings is 1. The van der Waals surface area contributed by atoms with Crippen LogP contribution in [0.25, 0.3) is 11.8 Å². The standard InChI is InChI=1S/C27H34N4/c1-17(2)25-16-21-9-12-28-19(4)26(21)27(30-25)29-22-5-8-24(18(3)15-22)20-10-13-31(14-11-20)23-6-7-23/h5,8-9,12,15-17,20,23,28H,4,6-7,10-11,13-14H2,1-3H3,(H,29,30). The van der Waals surface area contributed by atoms with Crippen molar-refractivity contribution in [3.8, 4) is 0 Å². The predicted molar refractivity (Wildman–Crippen MR) is 131 cm³/mol. The Morgan fingerprint density at radius 2 is 1.90 bits per heavy atom. The van der Waals surface area contributed by atoms with Crippen molar-refractivity contribution in [2.75, 3.05) is 18.4 Å². The van der Waals surface area contributed by atoms with Crippen LogP contribution in [0.5, 0.6) is 0 Å². The van der Waals surface area contributed by atoms with Crippen LogP contribution in [0.1, 0.15) is 79.3 Å². The molecule has 2 aromatic rings. The molecule has 2 fully saturated rings. The molecule has 0 unspecified atom stereocenters. The molecule has 1 saturated carbocycles. The fraction of sp³-hybridized carbons (Fsp3) is 0.444. The van der Waals surface area contributed by atoms with Gasteiger partial charge in [-0.25, -0.2) is 4.98 Å². The molecule has 1 saturated heterocycles. The van der Waals surface area contributed by atoms with Crippen LogP contribution in [0.3, 0.4) is 0 Å². The molecule has 4 heteroatoms. The van der Waals surface area contributed by atoms with Crippen molar-refractivity contribution in [1.29, 1.82) is 0 Å². The summed E-state index contributed by atoms with van der Waals surface area (Å²) in [7, 11) is 0. The molecule has 0 radical (unpaired) electrons. The van der Waals surface area contributed by atoms with Gasteiger partial charge in [0.15, 0.2) is 0 Å². The summed E-state index contributed by atoms with van der Waals surface area (Å²) < 4.78 is 0. The van der Waals surface area contributed by atoms with E-state index in [1.165, 1.54) is 55.5 Å². The molecule has 0 atom stereocenters. The quantitative estimate of drug-likeness (QED) is 0.616. The molecule has 0 bridgehead atoms. The average Bonchev–Trinajstić information content (AvgIpc) is 3.59. The Hall–Kier alpha value is -2.59. The molecule has 3 aliphatic rings. The summed E-state index contributed by atoms with van der Waals surface area (Å²) in [6, 6.07) is 9.91. The molecule has 5 rings (SSSR count). The van der Waals surface area contributed by atoms with Crippen molar-refractivity contribution in [2.24, 2.45) is 0 Å². The van der Waals surface area contributed by atoms with Gasteiger partial charge in [0.05, 0.1) is 0 Å². The second-order valence-electron chi connectivity index (χ2n) is 9.71. The molecule has 1 aliphatic carbocycles. The second kappa shape index (κ2) is 8.16. The van der Waals surface area contributed by atoms with Crippen LogP contribution in [-0.4, -0.2) is 29.0 Å². The molecule has 2 N–H and O–H groups in total. The first-order chi connectivity index (χ1) is 15.0. The lowest BCUT2D eigenvalue weighted by molar-refractivity contribution is 0.203. The summed E-state index contributed by atoms with van der Waals surface area (Å²) in [5.41, 5.74) is 8.19. The number of pyridine rings is 1. The monoisotopic (exact) mass is 414 g/mol. The van der Waals surface area contributed by atoms with Crippen molar-refractivity contribution >= 4 is 23.3 Å². The molecule has 2 aliphatic heterocycles. The number of nitrogens with one attached hydrogen (secondary N) is 2. The lowest BCUT2D eigenvalue weighted by Crippen LogP contribution is -2.34. The van der Waals surface area contributed by atoms with Crippen LogP contribution in [0.2, 0.25) is 0 Å². The Morgan fingerprint density at radius 1 is 1.13 bits per heavy atom. The van der Waals surface area contributed by atoms with Gasteiger partial charge in [-0.2, -0.15) is 0 Å². The highest BCUT2D eigenvalue weighted by Crippen LogP contribution is 2.37. The van der Waals surface area contributed by atoms with Gasteiger partial charge in [0, 0.05) is 34.9 Å². The zero-order valence-electron chi connectivity index (χ0n) is 19.0. The summed E-state index contributed by atoms with van der Waals surface area (Å²) in [5.74, 6) is 1.94. The van der Waals surface area contributed by atoms with Crippen molar-refractivity contribution < 1.29 is 0 Å². The van der Waals surface area contributed by atoms with Crippen LogP contribution < -0.4 is 10.6 Å². The molecule has 162 valence electrons. The highest BCUT2D eigenvalue weighted by molar-refractivity contribution is 5.84. The lowest BCUT2D eigenvalue weighted by atomic mass is 9.86. The predicted octanol–water partition coefficient (Wildman–Crippen LogP) is 6.14. The van der Waals surface area contributed by atoms with Gasteiger partial charge in [-0.3, -0.25) is 0 Å². The average molecular weight is 415 g/mol. The van der Waals surface area contributed by atoms with Gasteiger partial charge in [0.2, 0.25) is 0 Å². The molecule has 4 nitrogen and oxygen atoms in total. The van der Waals surface area contributed by atoms with E-state index in [0.29, 0.717) is 11.8 Å². The summed E-state index contributed by atoms with van der Waals surface area (Å²) in [6.45, 7) is 13.3. The Kier molecular flexibility index (Phi) is 5.35. The Bertz CT molecular complexity index is 1020. The fourth-order valence-corrected chi connectivity index (χ4v) is 5.09. The Balaban J connectivity index is 1.38. The van der Waals surface area contributed by atoms with E-state index in [2.05, 4.69) is 73.2 Å². The maximum absolute atomic E-state index is 4.95. The highest BCUT2D eigenvalue weighted by atomic mass is 15.2. The van der Waals surface area contributed by atoms with Gasteiger partial charge in [-0.05, 0) is 98.5 Å². The van der Waals surface area contributed by atoms with Crippen molar-refractivity contribution in [3.63, 3.8) is 0 Å². The van der Waals surface area contributed by atoms with E-state index >= 15 is 0 Å². The number of fused-ring (bicyclic) bond motifs is 1. The summed E-state index contributed by atoms with van der Waals surface area (Å²) in [6.07, 6.45) is 9.45. The molecule has 0 amide bonds. The van der Waals surface area contributed by atoms with E-state index in [9.17, 15) is 0 Å². The number of anilines is 2. The second-order valence-corrected chi connectivity index (χ2v) is 9.71. The minimum Gasteiger partial charge on any atom is -0.362 e. The van der Waals surface area contributed by atoms with E-state index < -0.39 is 0 Å². The fourth-order valence-electron chi connectivity index (χ4n) is 5.09. The Labute approximate surface area is 186 Å². The SMILES string of the molecule is C=C1NC=Cc2cc(C(C)C)nc(Nc3ccc(C4CCN(C5CC5)CC4)c(C)c3)c21. The van der Waals surface area contributed by atoms with E-state index in [0.717, 1.165) is 34.5 Å². The zero-order valence-corrected chi connectivity index (χ0v) is 19.0. The molecule has 3 heterocycles. The number of hydrogen-bond acceptors (Lipinski definition) is 4. The summed E-state index contributed by atoms with van der Waals surface area (Å²) in [4.78, 5) is 7.65. The van der Waals surface area contributed by atoms with Gasteiger partial charge in [-0.1, -0.05) is 26.5 Å². The first kappa shape index (κ1) is 20.3. The Morgan fingerprint density at radius 3 is 2.58 bits per heavy atom. The number of hydrogen-bond donors (Lipinski definition) is 2. The van der Waals surface area contributed by atoms with E-state index in [1.807, 2.05) is 6.20 Å². The zero-order chi connectivity index (χ0) is 21.5. The van der Waals surface area contributed by atoms with Gasteiger partial charge < -0.3 is 15.5 Å². The number of likely N-dealkylation sites (tertiary alicyclic amines) is 1. The van der Waals surface area contributed by atoms with Gasteiger partial charge in [-0.15, -0.1) is 0 Å². The summed E-state index contributed by atoms with van der Waals surface area (Å²) >= 11 is 0. The lowest BCUT2D eigenvalue weighted by Gasteiger charge is -2.33. The molecule has 1 aromatic heterocycles. The minimum absolute atomic E-state index is 0.369. The van der Waals surface area contributed by atoms with Crippen LogP contribution in [0.4, 0.5) is 11.5 Å². The van der Waals surface area contributed by atoms with E-state index in [-0.39, 0.29) is 0 Å². The smallest absolute Gasteiger partial charge is 0.140 e. The van der Waals surface area contributed by atoms with Crippen molar-refractivity contribution in [3.05, 3.63) is 65.0 Å².